The van der Waals surface area contributed by atoms with Crippen LogP contribution in [0.25, 0.3) is 0 Å². The van der Waals surface area contributed by atoms with Crippen molar-refractivity contribution < 1.29 is 9.47 Å². The number of methoxy groups -OCH3 is 1. The highest BCUT2D eigenvalue weighted by Crippen LogP contribution is 2.42. The quantitative estimate of drug-likeness (QED) is 0.908. The zero-order valence-electron chi connectivity index (χ0n) is 13.1. The molecular weight excluding hydrogens is 284 g/mol. The van der Waals surface area contributed by atoms with Crippen LogP contribution in [0.15, 0.2) is 0 Å². The molecule has 2 heterocycles. The molecule has 1 unspecified atom stereocenters. The predicted octanol–water partition coefficient (Wildman–Crippen LogP) is 2.82. The van der Waals surface area contributed by atoms with Crippen molar-refractivity contribution in [3.63, 3.8) is 0 Å². The largest absolute Gasteiger partial charge is 0.381 e. The predicted molar refractivity (Wildman–Crippen MR) is 85.1 cm³/mol. The monoisotopic (exact) mass is 310 g/mol. The average molecular weight is 310 g/mol. The maximum Gasteiger partial charge on any atom is 0.125 e. The van der Waals surface area contributed by atoms with Gasteiger partial charge in [-0.25, -0.2) is 4.98 Å². The minimum atomic E-state index is -0.205. The molecule has 0 aromatic carbocycles. The normalized spacial score (nSPS) is 24.8. The van der Waals surface area contributed by atoms with Gasteiger partial charge in [-0.05, 0) is 25.8 Å². The molecule has 5 heteroatoms. The summed E-state index contributed by atoms with van der Waals surface area (Å²) in [5.41, 5.74) is 1.13. The molecule has 3 rings (SSSR count). The third-order valence-corrected chi connectivity index (χ3v) is 6.11. The lowest BCUT2D eigenvalue weighted by atomic mass is 9.90. The van der Waals surface area contributed by atoms with E-state index in [2.05, 4.69) is 12.2 Å². The minimum absolute atomic E-state index is 0.205. The van der Waals surface area contributed by atoms with E-state index in [1.165, 1.54) is 34.8 Å². The fraction of sp³-hybridized carbons (Fsp3) is 0.812. The Labute approximate surface area is 131 Å². The summed E-state index contributed by atoms with van der Waals surface area (Å²) >= 11 is 1.88. The average Bonchev–Trinajstić information content (AvgIpc) is 2.99. The number of nitrogens with zero attached hydrogens (tertiary/aromatic N) is 1. The van der Waals surface area contributed by atoms with Crippen LogP contribution in [0.3, 0.4) is 0 Å². The van der Waals surface area contributed by atoms with E-state index in [-0.39, 0.29) is 5.60 Å². The van der Waals surface area contributed by atoms with Gasteiger partial charge in [0.25, 0.3) is 0 Å². The van der Waals surface area contributed by atoms with E-state index in [1.807, 2.05) is 18.4 Å². The number of hydrogen-bond acceptors (Lipinski definition) is 5. The molecule has 1 fully saturated rings. The number of thiazole rings is 1. The van der Waals surface area contributed by atoms with Crippen molar-refractivity contribution in [2.45, 2.75) is 50.5 Å². The van der Waals surface area contributed by atoms with Crippen LogP contribution in [-0.2, 0) is 21.5 Å². The zero-order valence-corrected chi connectivity index (χ0v) is 13.9. The summed E-state index contributed by atoms with van der Waals surface area (Å²) in [4.78, 5) is 6.54. The van der Waals surface area contributed by atoms with Crippen molar-refractivity contribution in [3.8, 4) is 0 Å². The maximum absolute atomic E-state index is 5.91. The van der Waals surface area contributed by atoms with Crippen LogP contribution in [-0.4, -0.2) is 38.4 Å². The van der Waals surface area contributed by atoms with Gasteiger partial charge in [0.05, 0.1) is 5.69 Å². The highest BCUT2D eigenvalue weighted by atomic mass is 32.1. The van der Waals surface area contributed by atoms with E-state index in [0.29, 0.717) is 5.92 Å². The molecule has 1 N–H and O–H groups in total. The third kappa shape index (κ3) is 3.02. The van der Waals surface area contributed by atoms with Gasteiger partial charge < -0.3 is 14.8 Å². The first-order valence-electron chi connectivity index (χ1n) is 8.13. The summed E-state index contributed by atoms with van der Waals surface area (Å²) in [6.07, 6.45) is 5.58. The molecule has 1 saturated heterocycles. The second-order valence-electron chi connectivity index (χ2n) is 6.04. The first kappa shape index (κ1) is 15.4. The number of rotatable bonds is 5. The molecule has 1 aliphatic carbocycles. The maximum atomic E-state index is 5.91. The molecule has 0 spiro atoms. The van der Waals surface area contributed by atoms with Crippen LogP contribution in [0.1, 0.15) is 54.1 Å². The number of fused-ring (bicyclic) bond motifs is 1. The van der Waals surface area contributed by atoms with E-state index >= 15 is 0 Å². The van der Waals surface area contributed by atoms with Gasteiger partial charge in [0.1, 0.15) is 10.6 Å². The third-order valence-electron chi connectivity index (χ3n) is 4.79. The van der Waals surface area contributed by atoms with Gasteiger partial charge in [-0.15, -0.1) is 11.3 Å². The zero-order chi connectivity index (χ0) is 14.7. The van der Waals surface area contributed by atoms with Crippen molar-refractivity contribution >= 4 is 11.3 Å². The smallest absolute Gasteiger partial charge is 0.125 e. The molecular formula is C16H26N2O2S. The molecule has 4 nitrogen and oxygen atoms in total. The lowest BCUT2D eigenvalue weighted by molar-refractivity contribution is -0.0949. The second-order valence-corrected chi connectivity index (χ2v) is 7.12. The highest BCUT2D eigenvalue weighted by molar-refractivity contribution is 7.11. The summed E-state index contributed by atoms with van der Waals surface area (Å²) in [7, 11) is 1.82. The second kappa shape index (κ2) is 6.73. The first-order valence-corrected chi connectivity index (χ1v) is 8.94. The molecule has 2 aliphatic rings. The number of likely N-dealkylation sites (N-methyl/N-ethyl adjacent to an activating group) is 1. The Morgan fingerprint density at radius 3 is 2.95 bits per heavy atom. The van der Waals surface area contributed by atoms with Gasteiger partial charge in [-0.2, -0.15) is 0 Å². The van der Waals surface area contributed by atoms with Crippen molar-refractivity contribution in [2.75, 3.05) is 33.4 Å². The molecule has 1 aromatic heterocycles. The molecule has 1 aliphatic heterocycles. The Morgan fingerprint density at radius 2 is 2.24 bits per heavy atom. The van der Waals surface area contributed by atoms with Gasteiger partial charge in [-0.3, -0.25) is 0 Å². The fourth-order valence-electron chi connectivity index (χ4n) is 3.43. The Hall–Kier alpha value is -0.490. The Bertz CT molecular complexity index is 469. The Balaban J connectivity index is 1.86. The molecule has 1 atom stereocenters. The Morgan fingerprint density at radius 1 is 1.43 bits per heavy atom. The van der Waals surface area contributed by atoms with Crippen LogP contribution in [0.5, 0.6) is 0 Å². The molecule has 0 saturated carbocycles. The van der Waals surface area contributed by atoms with Gasteiger partial charge in [0, 0.05) is 50.5 Å². The molecule has 118 valence electrons. The SMILES string of the molecule is CCNCC1CCCc2sc(C3(OC)CCOCC3)nc21. The van der Waals surface area contributed by atoms with Gasteiger partial charge >= 0.3 is 0 Å². The lowest BCUT2D eigenvalue weighted by Crippen LogP contribution is -2.35. The molecule has 0 radical (unpaired) electrons. The van der Waals surface area contributed by atoms with Crippen molar-refractivity contribution in [1.82, 2.24) is 10.3 Å². The molecule has 0 amide bonds. The van der Waals surface area contributed by atoms with Crippen LogP contribution >= 0.6 is 11.3 Å². The van der Waals surface area contributed by atoms with Crippen LogP contribution in [0.4, 0.5) is 0 Å². The number of aromatic nitrogens is 1. The summed E-state index contributed by atoms with van der Waals surface area (Å²) in [6, 6.07) is 0. The van der Waals surface area contributed by atoms with Gasteiger partial charge in [-0.1, -0.05) is 6.92 Å². The van der Waals surface area contributed by atoms with Crippen molar-refractivity contribution in [1.29, 1.82) is 0 Å². The van der Waals surface area contributed by atoms with E-state index in [4.69, 9.17) is 14.5 Å². The van der Waals surface area contributed by atoms with Crippen molar-refractivity contribution in [2.24, 2.45) is 0 Å². The highest BCUT2D eigenvalue weighted by Gasteiger charge is 2.39. The fourth-order valence-corrected chi connectivity index (χ4v) is 4.84. The number of nitrogens with one attached hydrogen (secondary N) is 1. The summed E-state index contributed by atoms with van der Waals surface area (Å²) in [6.45, 7) is 5.80. The molecule has 1 aromatic rings. The summed E-state index contributed by atoms with van der Waals surface area (Å²) in [5, 5.41) is 4.67. The molecule has 21 heavy (non-hydrogen) atoms. The van der Waals surface area contributed by atoms with Gasteiger partial charge in [0.15, 0.2) is 0 Å². The molecule has 0 bridgehead atoms. The summed E-state index contributed by atoms with van der Waals surface area (Å²) in [5.74, 6) is 0.576. The first-order chi connectivity index (χ1) is 10.3. The number of aryl methyl sites for hydroxylation is 1. The van der Waals surface area contributed by atoms with Crippen LogP contribution < -0.4 is 5.32 Å². The van der Waals surface area contributed by atoms with Crippen LogP contribution in [0.2, 0.25) is 0 Å². The standard InChI is InChI=1S/C16H26N2O2S/c1-3-17-11-12-5-4-6-13-14(12)18-15(21-13)16(19-2)7-9-20-10-8-16/h12,17H,3-11H2,1-2H3. The van der Waals surface area contributed by atoms with Gasteiger partial charge in [0.2, 0.25) is 0 Å². The summed E-state index contributed by atoms with van der Waals surface area (Å²) < 4.78 is 11.4. The minimum Gasteiger partial charge on any atom is -0.381 e. The lowest BCUT2D eigenvalue weighted by Gasteiger charge is -2.34. The van der Waals surface area contributed by atoms with Crippen LogP contribution in [0, 0.1) is 0 Å². The van der Waals surface area contributed by atoms with E-state index in [1.54, 1.807) is 0 Å². The Kier molecular flexibility index (Phi) is 4.94. The van der Waals surface area contributed by atoms with E-state index < -0.39 is 0 Å². The number of hydrogen-bond donors (Lipinski definition) is 1. The number of ether oxygens (including phenoxy) is 2. The van der Waals surface area contributed by atoms with Crippen molar-refractivity contribution in [3.05, 3.63) is 15.6 Å². The van der Waals surface area contributed by atoms with E-state index in [0.717, 1.165) is 39.1 Å². The van der Waals surface area contributed by atoms with E-state index in [9.17, 15) is 0 Å². The topological polar surface area (TPSA) is 43.4 Å².